The summed E-state index contributed by atoms with van der Waals surface area (Å²) in [6.07, 6.45) is 6.30. The quantitative estimate of drug-likeness (QED) is 0.336. The minimum absolute atomic E-state index is 0.0404. The molecule has 0 spiro atoms. The van der Waals surface area contributed by atoms with E-state index < -0.39 is 0 Å². The number of rotatable bonds is 4. The topological polar surface area (TPSA) is 80.6 Å². The lowest BCUT2D eigenvalue weighted by Gasteiger charge is -2.17. The van der Waals surface area contributed by atoms with Gasteiger partial charge in [0.15, 0.2) is 5.16 Å². The third-order valence-corrected chi connectivity index (χ3v) is 9.98. The standard InChI is InChI=1S/C23H24N4O2S3/c1-3-27-22(29)18-13-8-7-11(2)9-15(13)32-21(18)26-23(27)30-10-16-24-19(28)17-12-5-4-6-14(12)31-20(17)25-16/h11H,3-10H2,1-2H3,(H,24,25,28). The molecule has 9 heteroatoms. The normalized spacial score (nSPS) is 17.9. The molecule has 0 bridgehead atoms. The summed E-state index contributed by atoms with van der Waals surface area (Å²) in [7, 11) is 0. The van der Waals surface area contributed by atoms with Crippen molar-refractivity contribution in [2.45, 2.75) is 69.8 Å². The highest BCUT2D eigenvalue weighted by molar-refractivity contribution is 7.98. The van der Waals surface area contributed by atoms with Crippen molar-refractivity contribution in [2.75, 3.05) is 0 Å². The fourth-order valence-corrected chi connectivity index (χ4v) is 8.68. The Labute approximate surface area is 197 Å². The Kier molecular flexibility index (Phi) is 5.04. The van der Waals surface area contributed by atoms with E-state index in [4.69, 9.17) is 9.97 Å². The predicted octanol–water partition coefficient (Wildman–Crippen LogP) is 4.68. The number of H-pyrrole nitrogens is 1. The van der Waals surface area contributed by atoms with Gasteiger partial charge in [-0.2, -0.15) is 0 Å². The van der Waals surface area contributed by atoms with Gasteiger partial charge >= 0.3 is 0 Å². The van der Waals surface area contributed by atoms with Crippen molar-refractivity contribution in [1.29, 1.82) is 0 Å². The monoisotopic (exact) mass is 484 g/mol. The van der Waals surface area contributed by atoms with Crippen LogP contribution >= 0.6 is 34.4 Å². The van der Waals surface area contributed by atoms with Gasteiger partial charge in [0.1, 0.15) is 15.5 Å². The van der Waals surface area contributed by atoms with E-state index in [9.17, 15) is 9.59 Å². The number of aromatic nitrogens is 4. The zero-order valence-corrected chi connectivity index (χ0v) is 20.6. The Morgan fingerprint density at radius 3 is 2.69 bits per heavy atom. The molecule has 0 aliphatic heterocycles. The molecule has 6 nitrogen and oxygen atoms in total. The van der Waals surface area contributed by atoms with Crippen LogP contribution in [0.25, 0.3) is 20.4 Å². The van der Waals surface area contributed by atoms with Crippen LogP contribution in [0.1, 0.15) is 53.4 Å². The number of fused-ring (bicyclic) bond motifs is 6. The molecule has 4 aromatic rings. The van der Waals surface area contributed by atoms with Crippen molar-refractivity contribution in [3.8, 4) is 0 Å². The summed E-state index contributed by atoms with van der Waals surface area (Å²) < 4.78 is 1.77. The molecule has 4 heterocycles. The third kappa shape index (κ3) is 3.20. The molecular weight excluding hydrogens is 460 g/mol. The lowest BCUT2D eigenvalue weighted by Crippen LogP contribution is -2.23. The lowest BCUT2D eigenvalue weighted by atomic mass is 9.89. The summed E-state index contributed by atoms with van der Waals surface area (Å²) in [5, 5.41) is 2.30. The zero-order valence-electron chi connectivity index (χ0n) is 18.1. The van der Waals surface area contributed by atoms with Crippen molar-refractivity contribution in [2.24, 2.45) is 5.92 Å². The van der Waals surface area contributed by atoms with Crippen molar-refractivity contribution in [3.63, 3.8) is 0 Å². The molecule has 6 rings (SSSR count). The minimum atomic E-state index is -0.0404. The first-order valence-electron chi connectivity index (χ1n) is 11.2. The Morgan fingerprint density at radius 2 is 1.84 bits per heavy atom. The second kappa shape index (κ2) is 7.81. The molecule has 0 aromatic carbocycles. The molecule has 1 atom stereocenters. The third-order valence-electron chi connectivity index (χ3n) is 6.66. The molecule has 1 unspecified atom stereocenters. The Morgan fingerprint density at radius 1 is 1.06 bits per heavy atom. The Hall–Kier alpha value is -1.97. The second-order valence-corrected chi connectivity index (χ2v) is 11.9. The van der Waals surface area contributed by atoms with Crippen LogP contribution in [-0.4, -0.2) is 19.5 Å². The van der Waals surface area contributed by atoms with Crippen LogP contribution in [0.4, 0.5) is 0 Å². The van der Waals surface area contributed by atoms with Gasteiger partial charge in [0.25, 0.3) is 11.1 Å². The van der Waals surface area contributed by atoms with E-state index in [1.807, 2.05) is 6.92 Å². The van der Waals surface area contributed by atoms with E-state index in [1.54, 1.807) is 27.2 Å². The number of thioether (sulfide) groups is 1. The second-order valence-electron chi connectivity index (χ2n) is 8.81. The van der Waals surface area contributed by atoms with Crippen molar-refractivity contribution in [1.82, 2.24) is 19.5 Å². The van der Waals surface area contributed by atoms with Gasteiger partial charge in [-0.05, 0) is 62.5 Å². The van der Waals surface area contributed by atoms with Crippen LogP contribution in [0.5, 0.6) is 0 Å². The van der Waals surface area contributed by atoms with Gasteiger partial charge in [-0.15, -0.1) is 22.7 Å². The Balaban J connectivity index is 1.36. The van der Waals surface area contributed by atoms with Crippen LogP contribution in [-0.2, 0) is 38.0 Å². The summed E-state index contributed by atoms with van der Waals surface area (Å²) in [6.45, 7) is 4.84. The van der Waals surface area contributed by atoms with Crippen molar-refractivity contribution >= 4 is 54.9 Å². The van der Waals surface area contributed by atoms with E-state index in [1.165, 1.54) is 32.6 Å². The van der Waals surface area contributed by atoms with Gasteiger partial charge in [0, 0.05) is 16.3 Å². The molecule has 0 saturated heterocycles. The van der Waals surface area contributed by atoms with Gasteiger partial charge in [0.2, 0.25) is 0 Å². The lowest BCUT2D eigenvalue weighted by molar-refractivity contribution is 0.509. The van der Waals surface area contributed by atoms with E-state index in [0.29, 0.717) is 29.2 Å². The minimum Gasteiger partial charge on any atom is -0.309 e. The van der Waals surface area contributed by atoms with Crippen LogP contribution in [0, 0.1) is 5.92 Å². The summed E-state index contributed by atoms with van der Waals surface area (Å²) in [4.78, 5) is 43.1. The van der Waals surface area contributed by atoms with E-state index in [0.717, 1.165) is 59.0 Å². The number of nitrogens with one attached hydrogen (secondary N) is 1. The average Bonchev–Trinajstić information content (AvgIpc) is 3.44. The smallest absolute Gasteiger partial charge is 0.263 e. The number of aromatic amines is 1. The van der Waals surface area contributed by atoms with Gasteiger partial charge < -0.3 is 4.98 Å². The maximum absolute atomic E-state index is 13.4. The van der Waals surface area contributed by atoms with E-state index in [2.05, 4.69) is 11.9 Å². The highest BCUT2D eigenvalue weighted by atomic mass is 32.2. The molecule has 4 aromatic heterocycles. The van der Waals surface area contributed by atoms with E-state index >= 15 is 0 Å². The van der Waals surface area contributed by atoms with Crippen molar-refractivity contribution in [3.05, 3.63) is 47.4 Å². The molecule has 0 radical (unpaired) electrons. The maximum Gasteiger partial charge on any atom is 0.263 e. The molecule has 0 saturated carbocycles. The number of hydrogen-bond donors (Lipinski definition) is 1. The molecule has 1 N–H and O–H groups in total. The molecule has 32 heavy (non-hydrogen) atoms. The first-order chi connectivity index (χ1) is 15.5. The number of nitrogens with zero attached hydrogens (tertiary/aromatic N) is 3. The fraction of sp³-hybridized carbons (Fsp3) is 0.478. The van der Waals surface area contributed by atoms with E-state index in [-0.39, 0.29) is 11.1 Å². The number of hydrogen-bond acceptors (Lipinski definition) is 7. The van der Waals surface area contributed by atoms with Gasteiger partial charge in [-0.25, -0.2) is 9.97 Å². The summed E-state index contributed by atoms with van der Waals surface area (Å²) in [6, 6.07) is 0. The van der Waals surface area contributed by atoms with Gasteiger partial charge in [-0.3, -0.25) is 14.2 Å². The number of thiophene rings is 2. The fourth-order valence-electron chi connectivity index (χ4n) is 5.04. The van der Waals surface area contributed by atoms with Crippen LogP contribution in [0.3, 0.4) is 0 Å². The average molecular weight is 485 g/mol. The summed E-state index contributed by atoms with van der Waals surface area (Å²) >= 11 is 4.81. The molecule has 166 valence electrons. The predicted molar refractivity (Wildman–Crippen MR) is 133 cm³/mol. The zero-order chi connectivity index (χ0) is 22.0. The molecular formula is C23H24N4O2S3. The first-order valence-corrected chi connectivity index (χ1v) is 13.9. The molecule has 2 aliphatic rings. The van der Waals surface area contributed by atoms with Gasteiger partial charge in [-0.1, -0.05) is 18.7 Å². The van der Waals surface area contributed by atoms with Crippen LogP contribution in [0.15, 0.2) is 14.7 Å². The summed E-state index contributed by atoms with van der Waals surface area (Å²) in [5.74, 6) is 1.78. The van der Waals surface area contributed by atoms with Crippen LogP contribution < -0.4 is 11.1 Å². The first kappa shape index (κ1) is 20.6. The highest BCUT2D eigenvalue weighted by Gasteiger charge is 2.25. The van der Waals surface area contributed by atoms with Crippen LogP contribution in [0.2, 0.25) is 0 Å². The number of aryl methyl sites for hydroxylation is 3. The molecule has 0 amide bonds. The molecule has 2 aliphatic carbocycles. The largest absolute Gasteiger partial charge is 0.309 e. The summed E-state index contributed by atoms with van der Waals surface area (Å²) in [5.41, 5.74) is 2.45. The maximum atomic E-state index is 13.4. The van der Waals surface area contributed by atoms with Gasteiger partial charge in [0.05, 0.1) is 16.5 Å². The highest BCUT2D eigenvalue weighted by Crippen LogP contribution is 2.37. The molecule has 0 fully saturated rings. The Bertz CT molecular complexity index is 1490. The SMILES string of the molecule is CCn1c(SCc2nc3sc4c(c3c(=O)[nH]2)CCC4)nc2sc3c(c2c1=O)CCC(C)C3. The van der Waals surface area contributed by atoms with Crippen molar-refractivity contribution < 1.29 is 0 Å².